The molecule has 2 rings (SSSR count). The number of benzene rings is 1. The Bertz CT molecular complexity index is 552. The molecule has 112 valence electrons. The van der Waals surface area contributed by atoms with E-state index in [9.17, 15) is 8.42 Å². The minimum Gasteiger partial charge on any atom is -0.496 e. The van der Waals surface area contributed by atoms with Gasteiger partial charge in [0.2, 0.25) is 10.0 Å². The average Bonchev–Trinajstić information content (AvgIpc) is 2.66. The summed E-state index contributed by atoms with van der Waals surface area (Å²) in [5, 5.41) is 0. The van der Waals surface area contributed by atoms with E-state index in [-0.39, 0.29) is 6.04 Å². The third-order valence-corrected chi connectivity index (χ3v) is 5.97. The van der Waals surface area contributed by atoms with Crippen LogP contribution in [0.1, 0.15) is 38.5 Å². The number of hydrogen-bond donors (Lipinski definition) is 1. The average molecular weight is 409 g/mol. The Hall–Kier alpha value is -0.340. The SMILES string of the molecule is COc1ccc(S(=O)(=O)NC2CCCCCC2)cc1I. The van der Waals surface area contributed by atoms with Gasteiger partial charge in [-0.1, -0.05) is 25.7 Å². The highest BCUT2D eigenvalue weighted by Gasteiger charge is 2.21. The molecular weight excluding hydrogens is 389 g/mol. The van der Waals surface area contributed by atoms with Crippen molar-refractivity contribution in [2.75, 3.05) is 7.11 Å². The number of sulfonamides is 1. The quantitative estimate of drug-likeness (QED) is 0.614. The summed E-state index contributed by atoms with van der Waals surface area (Å²) in [5.41, 5.74) is 0. The molecule has 0 saturated heterocycles. The number of hydrogen-bond acceptors (Lipinski definition) is 3. The molecular formula is C14H20INO3S. The lowest BCUT2D eigenvalue weighted by Gasteiger charge is -2.16. The van der Waals surface area contributed by atoms with Crippen LogP contribution in [0.5, 0.6) is 5.75 Å². The fraction of sp³-hybridized carbons (Fsp3) is 0.571. The van der Waals surface area contributed by atoms with Crippen molar-refractivity contribution in [2.45, 2.75) is 49.5 Å². The van der Waals surface area contributed by atoms with Gasteiger partial charge in [-0.15, -0.1) is 0 Å². The summed E-state index contributed by atoms with van der Waals surface area (Å²) in [6, 6.07) is 5.02. The summed E-state index contributed by atoms with van der Waals surface area (Å²) in [7, 11) is -1.86. The molecule has 1 fully saturated rings. The normalized spacial score (nSPS) is 17.7. The van der Waals surface area contributed by atoms with Crippen LogP contribution in [0, 0.1) is 3.57 Å². The van der Waals surface area contributed by atoms with Gasteiger partial charge < -0.3 is 4.74 Å². The molecule has 1 aliphatic carbocycles. The van der Waals surface area contributed by atoms with E-state index < -0.39 is 10.0 Å². The smallest absolute Gasteiger partial charge is 0.240 e. The van der Waals surface area contributed by atoms with Gasteiger partial charge in [0.25, 0.3) is 0 Å². The number of halogens is 1. The summed E-state index contributed by atoms with van der Waals surface area (Å²) >= 11 is 2.09. The molecule has 0 heterocycles. The highest BCUT2D eigenvalue weighted by molar-refractivity contribution is 14.1. The number of ether oxygens (including phenoxy) is 1. The van der Waals surface area contributed by atoms with Gasteiger partial charge in [0, 0.05) is 6.04 Å². The topological polar surface area (TPSA) is 55.4 Å². The van der Waals surface area contributed by atoms with Crippen LogP contribution in [-0.4, -0.2) is 21.6 Å². The van der Waals surface area contributed by atoms with E-state index in [0.29, 0.717) is 10.6 Å². The summed E-state index contributed by atoms with van der Waals surface area (Å²) < 4.78 is 33.6. The lowest BCUT2D eigenvalue weighted by atomic mass is 10.1. The van der Waals surface area contributed by atoms with Crippen molar-refractivity contribution in [2.24, 2.45) is 0 Å². The summed E-state index contributed by atoms with van der Waals surface area (Å²) in [5.74, 6) is 0.694. The molecule has 0 aliphatic heterocycles. The first-order chi connectivity index (χ1) is 9.53. The third kappa shape index (κ3) is 4.08. The van der Waals surface area contributed by atoms with Crippen molar-refractivity contribution in [3.05, 3.63) is 21.8 Å². The molecule has 1 aromatic carbocycles. The fourth-order valence-electron chi connectivity index (χ4n) is 2.50. The Morgan fingerprint density at radius 1 is 1.20 bits per heavy atom. The van der Waals surface area contributed by atoms with Crippen molar-refractivity contribution >= 4 is 32.6 Å². The first kappa shape index (κ1) is 16.0. The van der Waals surface area contributed by atoms with E-state index in [2.05, 4.69) is 27.3 Å². The molecule has 1 N–H and O–H groups in total. The predicted octanol–water partition coefficient (Wildman–Crippen LogP) is 3.30. The maximum Gasteiger partial charge on any atom is 0.240 e. The van der Waals surface area contributed by atoms with Crippen molar-refractivity contribution in [1.29, 1.82) is 0 Å². The zero-order valence-electron chi connectivity index (χ0n) is 11.6. The van der Waals surface area contributed by atoms with E-state index in [0.717, 1.165) is 29.3 Å². The minimum atomic E-state index is -3.43. The zero-order chi connectivity index (χ0) is 14.6. The van der Waals surface area contributed by atoms with Crippen LogP contribution in [0.3, 0.4) is 0 Å². The maximum absolute atomic E-state index is 12.4. The van der Waals surface area contributed by atoms with E-state index >= 15 is 0 Å². The third-order valence-electron chi connectivity index (χ3n) is 3.61. The van der Waals surface area contributed by atoms with E-state index in [1.54, 1.807) is 25.3 Å². The fourth-order valence-corrected chi connectivity index (χ4v) is 4.78. The number of rotatable bonds is 4. The summed E-state index contributed by atoms with van der Waals surface area (Å²) in [4.78, 5) is 0.312. The van der Waals surface area contributed by atoms with Gasteiger partial charge in [0.1, 0.15) is 5.75 Å². The van der Waals surface area contributed by atoms with Gasteiger partial charge in [-0.2, -0.15) is 0 Å². The maximum atomic E-state index is 12.4. The van der Waals surface area contributed by atoms with Crippen LogP contribution in [-0.2, 0) is 10.0 Å². The second kappa shape index (κ2) is 7.09. The van der Waals surface area contributed by atoms with Gasteiger partial charge in [-0.3, -0.25) is 0 Å². The molecule has 0 atom stereocenters. The van der Waals surface area contributed by atoms with Crippen molar-refractivity contribution in [3.63, 3.8) is 0 Å². The Morgan fingerprint density at radius 2 is 1.85 bits per heavy atom. The Labute approximate surface area is 134 Å². The molecule has 0 amide bonds. The summed E-state index contributed by atoms with van der Waals surface area (Å²) in [6.07, 6.45) is 6.50. The molecule has 0 bridgehead atoms. The van der Waals surface area contributed by atoms with Crippen molar-refractivity contribution < 1.29 is 13.2 Å². The van der Waals surface area contributed by atoms with Crippen molar-refractivity contribution in [3.8, 4) is 5.75 Å². The first-order valence-electron chi connectivity index (χ1n) is 6.89. The molecule has 0 unspecified atom stereocenters. The lowest BCUT2D eigenvalue weighted by Crippen LogP contribution is -2.34. The van der Waals surface area contributed by atoms with Gasteiger partial charge in [-0.05, 0) is 53.6 Å². The molecule has 0 radical (unpaired) electrons. The standard InChI is InChI=1S/C14H20INO3S/c1-19-14-9-8-12(10-13(14)15)20(17,18)16-11-6-4-2-3-5-7-11/h8-11,16H,2-7H2,1H3. The Morgan fingerprint density at radius 3 is 2.40 bits per heavy atom. The molecule has 4 nitrogen and oxygen atoms in total. The molecule has 0 aromatic heterocycles. The zero-order valence-corrected chi connectivity index (χ0v) is 14.5. The van der Waals surface area contributed by atoms with Crippen LogP contribution >= 0.6 is 22.6 Å². The molecule has 1 saturated carbocycles. The summed E-state index contributed by atoms with van der Waals surface area (Å²) in [6.45, 7) is 0. The molecule has 1 aliphatic rings. The number of methoxy groups -OCH3 is 1. The van der Waals surface area contributed by atoms with Crippen LogP contribution in [0.15, 0.2) is 23.1 Å². The van der Waals surface area contributed by atoms with Crippen LogP contribution < -0.4 is 9.46 Å². The lowest BCUT2D eigenvalue weighted by molar-refractivity contribution is 0.411. The monoisotopic (exact) mass is 409 g/mol. The van der Waals surface area contributed by atoms with E-state index in [1.165, 1.54) is 12.8 Å². The van der Waals surface area contributed by atoms with E-state index in [4.69, 9.17) is 4.74 Å². The Balaban J connectivity index is 2.15. The number of nitrogens with one attached hydrogen (secondary N) is 1. The first-order valence-corrected chi connectivity index (χ1v) is 9.45. The van der Waals surface area contributed by atoms with Crippen LogP contribution in [0.2, 0.25) is 0 Å². The molecule has 20 heavy (non-hydrogen) atoms. The van der Waals surface area contributed by atoms with Gasteiger partial charge in [-0.25, -0.2) is 13.1 Å². The molecule has 0 spiro atoms. The van der Waals surface area contributed by atoms with Gasteiger partial charge in [0.15, 0.2) is 0 Å². The molecule has 1 aromatic rings. The second-order valence-corrected chi connectivity index (χ2v) is 7.98. The van der Waals surface area contributed by atoms with Gasteiger partial charge in [0.05, 0.1) is 15.6 Å². The largest absolute Gasteiger partial charge is 0.496 e. The van der Waals surface area contributed by atoms with Gasteiger partial charge >= 0.3 is 0 Å². The highest BCUT2D eigenvalue weighted by Crippen LogP contribution is 2.25. The van der Waals surface area contributed by atoms with E-state index in [1.807, 2.05) is 0 Å². The van der Waals surface area contributed by atoms with Crippen molar-refractivity contribution in [1.82, 2.24) is 4.72 Å². The second-order valence-electron chi connectivity index (χ2n) is 5.11. The highest BCUT2D eigenvalue weighted by atomic mass is 127. The Kier molecular flexibility index (Phi) is 5.68. The predicted molar refractivity (Wildman–Crippen MR) is 87.5 cm³/mol. The minimum absolute atomic E-state index is 0.0715. The van der Waals surface area contributed by atoms with Crippen LogP contribution in [0.4, 0.5) is 0 Å². The molecule has 6 heteroatoms. The van der Waals surface area contributed by atoms with Crippen LogP contribution in [0.25, 0.3) is 0 Å².